The molecule has 140 valence electrons. The van der Waals surface area contributed by atoms with Gasteiger partial charge in [-0.2, -0.15) is 8.78 Å². The number of benzene rings is 2. The molecule has 2 rings (SSSR count). The third kappa shape index (κ3) is 3.64. The first-order valence-corrected chi connectivity index (χ1v) is 8.95. The highest BCUT2D eigenvalue weighted by molar-refractivity contribution is 7.58. The van der Waals surface area contributed by atoms with Crippen molar-refractivity contribution in [2.75, 3.05) is 6.16 Å². The lowest BCUT2D eigenvalue weighted by molar-refractivity contribution is -0.138. The third-order valence-corrected chi connectivity index (χ3v) is 5.71. The molecule has 0 aliphatic heterocycles. The van der Waals surface area contributed by atoms with Gasteiger partial charge in [-0.05, 0) is 17.7 Å². The van der Waals surface area contributed by atoms with Gasteiger partial charge in [0.05, 0.1) is 11.5 Å². The van der Waals surface area contributed by atoms with Crippen LogP contribution in [0.15, 0.2) is 42.5 Å². The van der Waals surface area contributed by atoms with Gasteiger partial charge >= 0.3 is 11.6 Å². The topological polar surface area (TPSA) is 74.6 Å². The summed E-state index contributed by atoms with van der Waals surface area (Å²) in [5.74, 6) is -9.71. The van der Waals surface area contributed by atoms with Crippen LogP contribution in [-0.2, 0) is 15.0 Å². The number of halogens is 5. The van der Waals surface area contributed by atoms with E-state index in [2.05, 4.69) is 0 Å². The molecule has 0 saturated carbocycles. The predicted molar refractivity (Wildman–Crippen MR) is 81.7 cm³/mol. The van der Waals surface area contributed by atoms with Crippen LogP contribution in [0.25, 0.3) is 0 Å². The maximum atomic E-state index is 14.4. The summed E-state index contributed by atoms with van der Waals surface area (Å²) in [7, 11) is -5.70. The van der Waals surface area contributed by atoms with E-state index in [1.54, 1.807) is 0 Å². The molecular weight excluding hydrogens is 382 g/mol. The highest BCUT2D eigenvalue weighted by Crippen LogP contribution is 2.64. The predicted octanol–water partition coefficient (Wildman–Crippen LogP) is 4.29. The van der Waals surface area contributed by atoms with Gasteiger partial charge in [0.1, 0.15) is 0 Å². The second-order valence-electron chi connectivity index (χ2n) is 5.45. The number of carboxylic acids is 1. The highest BCUT2D eigenvalue weighted by Gasteiger charge is 2.54. The average molecular weight is 394 g/mol. The van der Waals surface area contributed by atoms with Crippen molar-refractivity contribution in [2.24, 2.45) is 0 Å². The molecule has 4 nitrogen and oxygen atoms in total. The van der Waals surface area contributed by atoms with E-state index in [-0.39, 0.29) is 17.7 Å². The molecular formula is C16H12F5O4P. The minimum Gasteiger partial charge on any atom is -0.481 e. The zero-order valence-corrected chi connectivity index (χ0v) is 13.8. The minimum absolute atomic E-state index is 0.0177. The third-order valence-electron chi connectivity index (χ3n) is 3.73. The highest BCUT2D eigenvalue weighted by atomic mass is 31.2. The van der Waals surface area contributed by atoms with E-state index < -0.39 is 54.1 Å². The summed E-state index contributed by atoms with van der Waals surface area (Å²) in [6, 6.07) is 7.18. The van der Waals surface area contributed by atoms with Crippen LogP contribution in [0.1, 0.15) is 17.0 Å². The van der Waals surface area contributed by atoms with Gasteiger partial charge in [-0.15, -0.1) is 0 Å². The fourth-order valence-electron chi connectivity index (χ4n) is 2.32. The molecule has 2 aromatic carbocycles. The Kier molecular flexibility index (Phi) is 5.53. The van der Waals surface area contributed by atoms with Crippen LogP contribution in [0, 0.1) is 17.5 Å². The number of carboxylic acid groups (broad SMARTS) is 1. The Labute approximate surface area is 144 Å². The lowest BCUT2D eigenvalue weighted by atomic mass is 10.0. The van der Waals surface area contributed by atoms with Gasteiger partial charge in [0.15, 0.2) is 17.5 Å². The molecule has 2 unspecified atom stereocenters. The van der Waals surface area contributed by atoms with Gasteiger partial charge in [-0.3, -0.25) is 9.36 Å². The summed E-state index contributed by atoms with van der Waals surface area (Å²) in [4.78, 5) is 21.2. The number of alkyl halides is 2. The fraction of sp³-hybridized carbons (Fsp3) is 0.188. The molecule has 2 atom stereocenters. The second kappa shape index (κ2) is 7.17. The molecule has 10 heteroatoms. The number of aliphatic carboxylic acids is 1. The van der Waals surface area contributed by atoms with E-state index in [1.165, 1.54) is 30.3 Å². The van der Waals surface area contributed by atoms with E-state index in [9.17, 15) is 41.3 Å². The quantitative estimate of drug-likeness (QED) is 0.436. The molecule has 0 spiro atoms. The van der Waals surface area contributed by atoms with Crippen LogP contribution in [0.5, 0.6) is 0 Å². The van der Waals surface area contributed by atoms with Crippen LogP contribution < -0.4 is 0 Å². The van der Waals surface area contributed by atoms with Crippen LogP contribution in [0.2, 0.25) is 0 Å². The Balaban J connectivity index is 2.46. The fourth-order valence-corrected chi connectivity index (χ4v) is 3.96. The summed E-state index contributed by atoms with van der Waals surface area (Å²) >= 11 is 0. The number of rotatable bonds is 6. The van der Waals surface area contributed by atoms with E-state index in [1.807, 2.05) is 0 Å². The van der Waals surface area contributed by atoms with Gasteiger partial charge in [0.25, 0.3) is 7.37 Å². The van der Waals surface area contributed by atoms with Gasteiger partial charge in [0, 0.05) is 6.16 Å². The van der Waals surface area contributed by atoms with E-state index in [0.29, 0.717) is 0 Å². The molecule has 2 aromatic rings. The molecule has 0 heterocycles. The lowest BCUT2D eigenvalue weighted by Crippen LogP contribution is -2.24. The Morgan fingerprint density at radius 3 is 2.15 bits per heavy atom. The molecule has 0 amide bonds. The number of hydrogen-bond acceptors (Lipinski definition) is 2. The van der Waals surface area contributed by atoms with Gasteiger partial charge in [-0.1, -0.05) is 30.3 Å². The summed E-state index contributed by atoms with van der Waals surface area (Å²) in [6.07, 6.45) is -1.43. The monoisotopic (exact) mass is 394 g/mol. The maximum Gasteiger partial charge on any atom is 0.349 e. The van der Waals surface area contributed by atoms with E-state index >= 15 is 0 Å². The van der Waals surface area contributed by atoms with Crippen molar-refractivity contribution in [3.63, 3.8) is 0 Å². The molecule has 0 radical (unpaired) electrons. The largest absolute Gasteiger partial charge is 0.481 e. The average Bonchev–Trinajstić information content (AvgIpc) is 2.57. The molecule has 2 N–H and O–H groups in total. The molecule has 0 aliphatic rings. The van der Waals surface area contributed by atoms with Crippen molar-refractivity contribution in [3.05, 3.63) is 71.0 Å². The van der Waals surface area contributed by atoms with Gasteiger partial charge in [-0.25, -0.2) is 13.2 Å². The van der Waals surface area contributed by atoms with Gasteiger partial charge in [0.2, 0.25) is 0 Å². The molecule has 0 fully saturated rings. The SMILES string of the molecule is O=C(O)C(CP(=O)(O)C(F)(F)c1ccc(F)c(F)c1F)c1ccccc1. The van der Waals surface area contributed by atoms with Crippen LogP contribution in [0.3, 0.4) is 0 Å². The zero-order chi connectivity index (χ0) is 19.7. The minimum atomic E-state index is -5.70. The van der Waals surface area contributed by atoms with Crippen molar-refractivity contribution in [2.45, 2.75) is 11.6 Å². The van der Waals surface area contributed by atoms with Crippen molar-refractivity contribution in [3.8, 4) is 0 Å². The molecule has 0 aromatic heterocycles. The molecule has 0 aliphatic carbocycles. The first-order chi connectivity index (χ1) is 12.0. The number of carbonyl (C=O) groups is 1. The second-order valence-corrected chi connectivity index (χ2v) is 7.78. The first-order valence-electron chi connectivity index (χ1n) is 7.10. The molecule has 0 saturated heterocycles. The van der Waals surface area contributed by atoms with Crippen LogP contribution in [-0.4, -0.2) is 22.1 Å². The first kappa shape index (κ1) is 20.1. The smallest absolute Gasteiger partial charge is 0.349 e. The van der Waals surface area contributed by atoms with Gasteiger partial charge < -0.3 is 10.00 Å². The Morgan fingerprint density at radius 2 is 1.62 bits per heavy atom. The Hall–Kier alpha value is -2.25. The summed E-state index contributed by atoms with van der Waals surface area (Å²) in [5, 5.41) is 9.20. The number of hydrogen-bond donors (Lipinski definition) is 2. The summed E-state index contributed by atoms with van der Waals surface area (Å²) < 4.78 is 80.8. The van der Waals surface area contributed by atoms with Crippen molar-refractivity contribution in [1.29, 1.82) is 0 Å². The zero-order valence-electron chi connectivity index (χ0n) is 12.9. The van der Waals surface area contributed by atoms with Crippen LogP contribution in [0.4, 0.5) is 22.0 Å². The maximum absolute atomic E-state index is 14.4. The standard InChI is InChI=1S/C16H12F5O4P/c17-12-7-6-11(13(18)14(12)19)16(20,21)26(24,25)8-10(15(22)23)9-4-2-1-3-5-9/h1-7,10H,8H2,(H,22,23)(H,24,25). The van der Waals surface area contributed by atoms with Crippen LogP contribution >= 0.6 is 7.37 Å². The Morgan fingerprint density at radius 1 is 1.04 bits per heavy atom. The molecule has 0 bridgehead atoms. The van der Waals surface area contributed by atoms with E-state index in [4.69, 9.17) is 0 Å². The normalized spacial score (nSPS) is 15.3. The van der Waals surface area contributed by atoms with Crippen molar-refractivity contribution < 1.29 is 41.3 Å². The van der Waals surface area contributed by atoms with Crippen molar-refractivity contribution >= 4 is 13.3 Å². The summed E-state index contributed by atoms with van der Waals surface area (Å²) in [6.45, 7) is 0. The van der Waals surface area contributed by atoms with E-state index in [0.717, 1.165) is 0 Å². The Bertz CT molecular complexity index is 872. The summed E-state index contributed by atoms with van der Waals surface area (Å²) in [5.41, 5.74) is -6.66. The lowest BCUT2D eigenvalue weighted by Gasteiger charge is -2.25. The van der Waals surface area contributed by atoms with Crippen molar-refractivity contribution in [1.82, 2.24) is 0 Å². The molecule has 26 heavy (non-hydrogen) atoms.